The van der Waals surface area contributed by atoms with Gasteiger partial charge in [0.25, 0.3) is 0 Å². The fourth-order valence-corrected chi connectivity index (χ4v) is 3.20. The molecule has 0 unspecified atom stereocenters. The lowest BCUT2D eigenvalue weighted by molar-refractivity contribution is 0.0977. The van der Waals surface area contributed by atoms with Gasteiger partial charge in [0.1, 0.15) is 5.76 Å². The van der Waals surface area contributed by atoms with Gasteiger partial charge >= 0.3 is 0 Å². The molecule has 0 amide bonds. The van der Waals surface area contributed by atoms with Crippen LogP contribution in [0.1, 0.15) is 30.1 Å². The number of aliphatic hydroxyl groups excluding tert-OH is 1. The Bertz CT molecular complexity index is 908. The van der Waals surface area contributed by atoms with Crippen molar-refractivity contribution in [2.75, 3.05) is 13.1 Å². The molecule has 154 valence electrons. The van der Waals surface area contributed by atoms with Crippen LogP contribution in [0.2, 0.25) is 5.02 Å². The number of benzene rings is 1. The van der Waals surface area contributed by atoms with Crippen molar-refractivity contribution in [2.24, 2.45) is 0 Å². The van der Waals surface area contributed by atoms with E-state index in [9.17, 15) is 5.11 Å². The molecule has 0 aliphatic carbocycles. The lowest BCUT2D eigenvalue weighted by atomic mass is 10.1. The van der Waals surface area contributed by atoms with Crippen molar-refractivity contribution < 1.29 is 14.0 Å². The number of aromatic nitrogens is 2. The van der Waals surface area contributed by atoms with E-state index in [1.54, 1.807) is 6.26 Å². The highest BCUT2D eigenvalue weighted by atomic mass is 35.5. The van der Waals surface area contributed by atoms with Gasteiger partial charge in [-0.15, -0.1) is 6.58 Å². The number of allylic oxidation sites excluding steroid dienone is 1. The quantitative estimate of drug-likeness (QED) is 0.459. The minimum Gasteiger partial charge on any atom is -0.468 e. The molecule has 7 heteroatoms. The fourth-order valence-electron chi connectivity index (χ4n) is 3.02. The molecular weight excluding hydrogens is 390 g/mol. The summed E-state index contributed by atoms with van der Waals surface area (Å²) in [4.78, 5) is 6.61. The number of aryl methyl sites for hydroxylation is 1. The number of rotatable bonds is 11. The molecule has 3 rings (SSSR count). The Morgan fingerprint density at radius 3 is 2.93 bits per heavy atom. The van der Waals surface area contributed by atoms with Crippen molar-refractivity contribution >= 4 is 11.6 Å². The van der Waals surface area contributed by atoms with Crippen molar-refractivity contribution in [1.29, 1.82) is 0 Å². The number of aliphatic hydroxyl groups is 1. The Balaban J connectivity index is 1.62. The van der Waals surface area contributed by atoms with Crippen molar-refractivity contribution in [2.45, 2.75) is 38.8 Å². The van der Waals surface area contributed by atoms with Crippen LogP contribution in [0, 0.1) is 6.92 Å². The predicted molar refractivity (Wildman–Crippen MR) is 113 cm³/mol. The maximum atomic E-state index is 10.3. The molecule has 29 heavy (non-hydrogen) atoms. The second kappa shape index (κ2) is 10.4. The predicted octanol–water partition coefficient (Wildman–Crippen LogP) is 4.66. The Morgan fingerprint density at radius 2 is 2.21 bits per heavy atom. The van der Waals surface area contributed by atoms with Crippen LogP contribution in [-0.2, 0) is 13.0 Å². The third-order valence-electron chi connectivity index (χ3n) is 4.67. The molecule has 0 aliphatic rings. The smallest absolute Gasteiger partial charge is 0.228 e. The van der Waals surface area contributed by atoms with E-state index in [1.165, 1.54) is 0 Å². The molecule has 0 saturated carbocycles. The first-order chi connectivity index (χ1) is 14.0. The van der Waals surface area contributed by atoms with Crippen LogP contribution in [-0.4, -0.2) is 39.3 Å². The first-order valence-corrected chi connectivity index (χ1v) is 10.1. The number of nitrogens with zero attached hydrogens (tertiary/aromatic N) is 3. The standard InChI is InChI=1S/C22H26ClN3O3/c1-3-4-6-18(27)14-26(15-19-7-5-12-28-19)11-10-21-24-22(25-29-21)17-9-8-16(2)20(23)13-17/h3,5,7-9,12-13,18,27H,1,4,6,10-11,14-15H2,2H3/t18-/m0/s1. The van der Waals surface area contributed by atoms with E-state index in [2.05, 4.69) is 21.6 Å². The molecule has 2 heterocycles. The van der Waals surface area contributed by atoms with E-state index in [-0.39, 0.29) is 0 Å². The summed E-state index contributed by atoms with van der Waals surface area (Å²) in [6.45, 7) is 7.45. The van der Waals surface area contributed by atoms with Crippen LogP contribution in [0.5, 0.6) is 0 Å². The summed E-state index contributed by atoms with van der Waals surface area (Å²) in [6.07, 6.45) is 5.06. The first kappa shape index (κ1) is 21.3. The molecule has 0 aliphatic heterocycles. The number of furan rings is 1. The summed E-state index contributed by atoms with van der Waals surface area (Å²) in [6, 6.07) is 9.48. The first-order valence-electron chi connectivity index (χ1n) is 9.68. The van der Waals surface area contributed by atoms with Gasteiger partial charge in [0, 0.05) is 30.1 Å². The molecule has 1 aromatic carbocycles. The van der Waals surface area contributed by atoms with E-state index >= 15 is 0 Å². The van der Waals surface area contributed by atoms with Crippen LogP contribution in [0.25, 0.3) is 11.4 Å². The van der Waals surface area contributed by atoms with E-state index < -0.39 is 6.10 Å². The van der Waals surface area contributed by atoms with Crippen molar-refractivity contribution in [3.63, 3.8) is 0 Å². The Labute approximate surface area is 175 Å². The zero-order valence-electron chi connectivity index (χ0n) is 16.6. The monoisotopic (exact) mass is 415 g/mol. The van der Waals surface area contributed by atoms with Gasteiger partial charge in [0.2, 0.25) is 11.7 Å². The highest BCUT2D eigenvalue weighted by Gasteiger charge is 2.16. The summed E-state index contributed by atoms with van der Waals surface area (Å²) in [7, 11) is 0. The van der Waals surface area contributed by atoms with Crippen LogP contribution in [0.15, 0.2) is 58.2 Å². The summed E-state index contributed by atoms with van der Waals surface area (Å²) >= 11 is 6.19. The Kier molecular flexibility index (Phi) is 7.63. The summed E-state index contributed by atoms with van der Waals surface area (Å²) in [5.41, 5.74) is 1.82. The van der Waals surface area contributed by atoms with E-state index in [1.807, 2.05) is 43.3 Å². The van der Waals surface area contributed by atoms with E-state index in [4.69, 9.17) is 20.5 Å². The molecule has 2 aromatic heterocycles. The highest BCUT2D eigenvalue weighted by molar-refractivity contribution is 6.31. The van der Waals surface area contributed by atoms with Gasteiger partial charge in [-0.1, -0.05) is 35.0 Å². The minimum absolute atomic E-state index is 0.434. The molecular formula is C22H26ClN3O3. The summed E-state index contributed by atoms with van der Waals surface area (Å²) in [5, 5.41) is 15.0. The normalized spacial score (nSPS) is 12.4. The zero-order valence-corrected chi connectivity index (χ0v) is 17.3. The van der Waals surface area contributed by atoms with Crippen LogP contribution in [0.4, 0.5) is 0 Å². The topological polar surface area (TPSA) is 75.5 Å². The number of hydrogen-bond donors (Lipinski definition) is 1. The summed E-state index contributed by atoms with van der Waals surface area (Å²) in [5.74, 6) is 1.91. The van der Waals surface area contributed by atoms with E-state index in [0.717, 1.165) is 23.3 Å². The van der Waals surface area contributed by atoms with Crippen molar-refractivity contribution in [3.05, 3.63) is 71.5 Å². The Hall–Kier alpha value is -2.41. The van der Waals surface area contributed by atoms with Gasteiger partial charge in [-0.05, 0) is 43.5 Å². The molecule has 1 N–H and O–H groups in total. The Morgan fingerprint density at radius 1 is 1.34 bits per heavy atom. The molecule has 6 nitrogen and oxygen atoms in total. The average molecular weight is 416 g/mol. The van der Waals surface area contributed by atoms with Crippen LogP contribution in [0.3, 0.4) is 0 Å². The van der Waals surface area contributed by atoms with Gasteiger partial charge < -0.3 is 14.0 Å². The second-order valence-corrected chi connectivity index (χ2v) is 7.47. The van der Waals surface area contributed by atoms with Gasteiger partial charge in [-0.25, -0.2) is 0 Å². The maximum absolute atomic E-state index is 10.3. The SMILES string of the molecule is C=CCC[C@H](O)CN(CCc1nc(-c2ccc(C)c(Cl)c2)no1)Cc1ccco1. The third kappa shape index (κ3) is 6.29. The lowest BCUT2D eigenvalue weighted by Crippen LogP contribution is -2.33. The molecule has 0 spiro atoms. The van der Waals surface area contributed by atoms with Gasteiger partial charge in [0.15, 0.2) is 0 Å². The average Bonchev–Trinajstić information content (AvgIpc) is 3.38. The van der Waals surface area contributed by atoms with Gasteiger partial charge in [-0.2, -0.15) is 4.98 Å². The van der Waals surface area contributed by atoms with Crippen molar-refractivity contribution in [1.82, 2.24) is 15.0 Å². The molecule has 0 radical (unpaired) electrons. The van der Waals surface area contributed by atoms with E-state index in [0.29, 0.717) is 49.2 Å². The van der Waals surface area contributed by atoms with Crippen molar-refractivity contribution in [3.8, 4) is 11.4 Å². The molecule has 1 atom stereocenters. The van der Waals surface area contributed by atoms with Gasteiger partial charge in [-0.3, -0.25) is 4.90 Å². The molecule has 0 fully saturated rings. The summed E-state index contributed by atoms with van der Waals surface area (Å²) < 4.78 is 10.9. The number of halogens is 1. The largest absolute Gasteiger partial charge is 0.468 e. The van der Waals surface area contributed by atoms with Crippen LogP contribution >= 0.6 is 11.6 Å². The maximum Gasteiger partial charge on any atom is 0.228 e. The zero-order chi connectivity index (χ0) is 20.6. The highest BCUT2D eigenvalue weighted by Crippen LogP contribution is 2.23. The molecule has 0 saturated heterocycles. The number of hydrogen-bond acceptors (Lipinski definition) is 6. The second-order valence-electron chi connectivity index (χ2n) is 7.06. The minimum atomic E-state index is -0.434. The lowest BCUT2D eigenvalue weighted by Gasteiger charge is -2.23. The fraction of sp³-hybridized carbons (Fsp3) is 0.364. The molecule has 0 bridgehead atoms. The third-order valence-corrected chi connectivity index (χ3v) is 5.08. The molecule has 3 aromatic rings. The van der Waals surface area contributed by atoms with Crippen LogP contribution < -0.4 is 0 Å². The van der Waals surface area contributed by atoms with Gasteiger partial charge in [0.05, 0.1) is 18.9 Å².